The van der Waals surface area contributed by atoms with Crippen LogP contribution in [0, 0.1) is 0 Å². The first-order valence-electron chi connectivity index (χ1n) is 6.24. The fraction of sp³-hybridized carbons (Fsp3) is 0.0667. The van der Waals surface area contributed by atoms with Crippen LogP contribution in [-0.4, -0.2) is 23.8 Å². The molecule has 1 amide bonds. The molecule has 0 fully saturated rings. The van der Waals surface area contributed by atoms with Crippen LogP contribution >= 0.6 is 27.5 Å². The summed E-state index contributed by atoms with van der Waals surface area (Å²) in [5.74, 6) is 0.0498. The lowest BCUT2D eigenvalue weighted by atomic mass is 10.2. The van der Waals surface area contributed by atoms with Gasteiger partial charge in [-0.15, -0.1) is 0 Å². The van der Waals surface area contributed by atoms with Gasteiger partial charge in [-0.3, -0.25) is 4.79 Å². The second-order valence-corrected chi connectivity index (χ2v) is 5.54. The van der Waals surface area contributed by atoms with Gasteiger partial charge in [0.25, 0.3) is 5.91 Å². The Kier molecular flexibility index (Phi) is 5.80. The summed E-state index contributed by atoms with van der Waals surface area (Å²) in [6.45, 7) is -0.223. The molecule has 114 valence electrons. The van der Waals surface area contributed by atoms with Gasteiger partial charge in [0.1, 0.15) is 11.5 Å². The maximum absolute atomic E-state index is 11.6. The zero-order valence-electron chi connectivity index (χ0n) is 11.3. The molecule has 0 atom stereocenters. The largest absolute Gasteiger partial charge is 0.507 e. The van der Waals surface area contributed by atoms with Crippen LogP contribution in [-0.2, 0) is 4.79 Å². The van der Waals surface area contributed by atoms with Gasteiger partial charge >= 0.3 is 0 Å². The van der Waals surface area contributed by atoms with E-state index in [4.69, 9.17) is 16.3 Å². The Bertz CT molecular complexity index is 707. The molecule has 2 rings (SSSR count). The van der Waals surface area contributed by atoms with E-state index >= 15 is 0 Å². The predicted octanol–water partition coefficient (Wildman–Crippen LogP) is 3.34. The Morgan fingerprint density at radius 2 is 2.14 bits per heavy atom. The van der Waals surface area contributed by atoms with E-state index in [9.17, 15) is 9.90 Å². The number of phenolic OH excluding ortho intramolecular Hbond substituents is 1. The molecule has 0 aliphatic carbocycles. The van der Waals surface area contributed by atoms with E-state index in [-0.39, 0.29) is 12.4 Å². The van der Waals surface area contributed by atoms with Gasteiger partial charge in [-0.2, -0.15) is 5.10 Å². The monoisotopic (exact) mass is 382 g/mol. The third-order valence-electron chi connectivity index (χ3n) is 2.58. The van der Waals surface area contributed by atoms with E-state index in [1.54, 1.807) is 36.4 Å². The normalized spacial score (nSPS) is 10.6. The molecule has 0 spiro atoms. The number of nitrogens with one attached hydrogen (secondary N) is 1. The van der Waals surface area contributed by atoms with E-state index in [2.05, 4.69) is 26.5 Å². The lowest BCUT2D eigenvalue weighted by Crippen LogP contribution is -2.24. The van der Waals surface area contributed by atoms with Crippen molar-refractivity contribution < 1.29 is 14.6 Å². The van der Waals surface area contributed by atoms with Crippen LogP contribution in [0.4, 0.5) is 0 Å². The molecule has 2 aromatic carbocycles. The molecule has 0 aromatic heterocycles. The van der Waals surface area contributed by atoms with E-state index < -0.39 is 5.91 Å². The molecule has 0 heterocycles. The quantitative estimate of drug-likeness (QED) is 0.614. The molecule has 0 radical (unpaired) electrons. The average Bonchev–Trinajstić information content (AvgIpc) is 2.48. The van der Waals surface area contributed by atoms with Gasteiger partial charge in [0.2, 0.25) is 0 Å². The highest BCUT2D eigenvalue weighted by Gasteiger charge is 2.05. The number of halogens is 2. The van der Waals surface area contributed by atoms with Crippen LogP contribution in [0.15, 0.2) is 52.0 Å². The van der Waals surface area contributed by atoms with Crippen LogP contribution in [0.1, 0.15) is 5.56 Å². The van der Waals surface area contributed by atoms with E-state index in [1.807, 2.05) is 0 Å². The number of hydrogen-bond donors (Lipinski definition) is 2. The smallest absolute Gasteiger partial charge is 0.277 e. The molecule has 0 saturated carbocycles. The van der Waals surface area contributed by atoms with Crippen LogP contribution in [0.3, 0.4) is 0 Å². The number of amides is 1. The molecule has 0 aliphatic rings. The molecule has 0 unspecified atom stereocenters. The minimum Gasteiger partial charge on any atom is -0.507 e. The van der Waals surface area contributed by atoms with Crippen molar-refractivity contribution in [2.75, 3.05) is 6.61 Å². The minimum atomic E-state index is -0.439. The second kappa shape index (κ2) is 7.82. The molecule has 2 N–H and O–H groups in total. The Morgan fingerprint density at radius 1 is 1.36 bits per heavy atom. The number of nitrogens with zero attached hydrogens (tertiary/aromatic N) is 1. The number of carbonyl (C=O) groups excluding carboxylic acids is 1. The maximum atomic E-state index is 11.6. The van der Waals surface area contributed by atoms with Crippen LogP contribution in [0.2, 0.25) is 5.02 Å². The lowest BCUT2D eigenvalue weighted by Gasteiger charge is -2.07. The van der Waals surface area contributed by atoms with Gasteiger partial charge in [0.15, 0.2) is 6.61 Å². The standard InChI is InChI=1S/C15H12BrClN2O3/c16-11-5-6-14(12(17)7-11)22-9-15(21)19-18-8-10-3-1-2-4-13(10)20/h1-8,20H,9H2,(H,19,21)/b18-8+. The van der Waals surface area contributed by atoms with E-state index in [0.29, 0.717) is 16.3 Å². The SMILES string of the molecule is O=C(COc1ccc(Br)cc1Cl)N/N=C/c1ccccc1O. The van der Waals surface area contributed by atoms with Crippen LogP contribution < -0.4 is 10.2 Å². The van der Waals surface area contributed by atoms with Crippen LogP contribution in [0.5, 0.6) is 11.5 Å². The van der Waals surface area contributed by atoms with Crippen molar-refractivity contribution in [3.8, 4) is 11.5 Å². The summed E-state index contributed by atoms with van der Waals surface area (Å²) in [5.41, 5.74) is 2.80. The van der Waals surface area contributed by atoms with Gasteiger partial charge in [0.05, 0.1) is 11.2 Å². The zero-order chi connectivity index (χ0) is 15.9. The van der Waals surface area contributed by atoms with Gasteiger partial charge in [-0.25, -0.2) is 5.43 Å². The predicted molar refractivity (Wildman–Crippen MR) is 88.5 cm³/mol. The molecule has 0 aliphatic heterocycles. The number of benzene rings is 2. The first-order chi connectivity index (χ1) is 10.6. The second-order valence-electron chi connectivity index (χ2n) is 4.22. The van der Waals surface area contributed by atoms with Crippen molar-refractivity contribution in [1.29, 1.82) is 0 Å². The first-order valence-corrected chi connectivity index (χ1v) is 7.41. The molecular formula is C15H12BrClN2O3. The highest BCUT2D eigenvalue weighted by atomic mass is 79.9. The summed E-state index contributed by atoms with van der Waals surface area (Å²) in [6, 6.07) is 11.7. The maximum Gasteiger partial charge on any atom is 0.277 e. The number of hydrogen-bond acceptors (Lipinski definition) is 4. The molecule has 5 nitrogen and oxygen atoms in total. The van der Waals surface area contributed by atoms with E-state index in [1.165, 1.54) is 12.3 Å². The van der Waals surface area contributed by atoms with Gasteiger partial charge in [-0.05, 0) is 30.3 Å². The lowest BCUT2D eigenvalue weighted by molar-refractivity contribution is -0.123. The molecule has 2 aromatic rings. The summed E-state index contributed by atoms with van der Waals surface area (Å²) in [5, 5.41) is 13.7. The van der Waals surface area contributed by atoms with Crippen molar-refractivity contribution in [2.24, 2.45) is 5.10 Å². The molecule has 22 heavy (non-hydrogen) atoms. The molecule has 7 heteroatoms. The summed E-state index contributed by atoms with van der Waals surface area (Å²) in [4.78, 5) is 11.6. The molecule has 0 saturated heterocycles. The van der Waals surface area contributed by atoms with Gasteiger partial charge in [0, 0.05) is 10.0 Å². The number of ether oxygens (including phenoxy) is 1. The van der Waals surface area contributed by atoms with Crippen molar-refractivity contribution in [2.45, 2.75) is 0 Å². The highest BCUT2D eigenvalue weighted by Crippen LogP contribution is 2.27. The van der Waals surface area contributed by atoms with Crippen LogP contribution in [0.25, 0.3) is 0 Å². The molecular weight excluding hydrogens is 372 g/mol. The Balaban J connectivity index is 1.84. The van der Waals surface area contributed by atoms with Gasteiger partial charge in [-0.1, -0.05) is 39.7 Å². The summed E-state index contributed by atoms with van der Waals surface area (Å²) in [6.07, 6.45) is 1.35. The number of para-hydroxylation sites is 1. The fourth-order valence-corrected chi connectivity index (χ4v) is 2.27. The minimum absolute atomic E-state index is 0.0818. The Hall–Kier alpha value is -2.05. The first kappa shape index (κ1) is 16.3. The van der Waals surface area contributed by atoms with Crippen molar-refractivity contribution in [3.63, 3.8) is 0 Å². The third-order valence-corrected chi connectivity index (χ3v) is 3.37. The summed E-state index contributed by atoms with van der Waals surface area (Å²) in [7, 11) is 0. The third kappa shape index (κ3) is 4.75. The average molecular weight is 384 g/mol. The number of hydrazone groups is 1. The van der Waals surface area contributed by atoms with Gasteiger partial charge < -0.3 is 9.84 Å². The Labute approximate surface area is 140 Å². The topological polar surface area (TPSA) is 70.9 Å². The highest BCUT2D eigenvalue weighted by molar-refractivity contribution is 9.10. The summed E-state index contributed by atoms with van der Waals surface area (Å²) < 4.78 is 6.11. The van der Waals surface area contributed by atoms with Crippen molar-refractivity contribution in [3.05, 3.63) is 57.5 Å². The van der Waals surface area contributed by atoms with Crippen molar-refractivity contribution >= 4 is 39.7 Å². The summed E-state index contributed by atoms with van der Waals surface area (Å²) >= 11 is 9.25. The molecule has 0 bridgehead atoms. The Morgan fingerprint density at radius 3 is 2.86 bits per heavy atom. The number of aromatic hydroxyl groups is 1. The number of carbonyl (C=O) groups is 1. The zero-order valence-corrected chi connectivity index (χ0v) is 13.6. The fourth-order valence-electron chi connectivity index (χ4n) is 1.54. The van der Waals surface area contributed by atoms with Crippen molar-refractivity contribution in [1.82, 2.24) is 5.43 Å². The number of rotatable bonds is 5. The van der Waals surface area contributed by atoms with E-state index in [0.717, 1.165) is 4.47 Å². The number of phenols is 1.